The van der Waals surface area contributed by atoms with Crippen LogP contribution in [0.5, 0.6) is 0 Å². The van der Waals surface area contributed by atoms with Crippen LogP contribution in [0.1, 0.15) is 28.4 Å². The molecule has 1 heterocycles. The molecule has 2 aromatic rings. The summed E-state index contributed by atoms with van der Waals surface area (Å²) in [6, 6.07) is 11.9. The van der Waals surface area contributed by atoms with Gasteiger partial charge in [0.1, 0.15) is 0 Å². The monoisotopic (exact) mass is 345 g/mol. The minimum atomic E-state index is -3.76. The number of nitrogens with zero attached hydrogens (tertiary/aromatic N) is 1. The number of para-hydroxylation sites is 1. The van der Waals surface area contributed by atoms with Gasteiger partial charge in [-0.25, -0.2) is 13.2 Å². The Bertz CT molecular complexity index is 905. The van der Waals surface area contributed by atoms with Gasteiger partial charge in [-0.2, -0.15) is 0 Å². The van der Waals surface area contributed by atoms with Crippen molar-refractivity contribution in [3.05, 3.63) is 59.2 Å². The molecule has 6 heteroatoms. The van der Waals surface area contributed by atoms with Crippen molar-refractivity contribution in [1.82, 2.24) is 0 Å². The summed E-state index contributed by atoms with van der Waals surface area (Å²) in [5.41, 5.74) is 2.65. The van der Waals surface area contributed by atoms with E-state index in [1.54, 1.807) is 13.0 Å². The standard InChI is InChI=1S/C18H19NO4S/c1-12-8-9-15(11-16(12)18(20)23-3)24(21,22)19-13(2)10-14-6-4-5-7-17(14)19/h4-9,11,13H,10H2,1-3H3/t13-/m1/s1. The fraction of sp³-hybridized carbons (Fsp3) is 0.278. The lowest BCUT2D eigenvalue weighted by Gasteiger charge is -2.24. The summed E-state index contributed by atoms with van der Waals surface area (Å²) in [6.07, 6.45) is 0.672. The quantitative estimate of drug-likeness (QED) is 0.803. The Kier molecular flexibility index (Phi) is 4.09. The second-order valence-corrected chi connectivity index (χ2v) is 7.77. The summed E-state index contributed by atoms with van der Waals surface area (Å²) < 4.78 is 32.5. The minimum absolute atomic E-state index is 0.0945. The maximum Gasteiger partial charge on any atom is 0.338 e. The Labute approximate surface area is 141 Å². The molecular formula is C18H19NO4S. The Morgan fingerprint density at radius 2 is 1.92 bits per heavy atom. The normalized spacial score (nSPS) is 16.8. The zero-order valence-corrected chi connectivity index (χ0v) is 14.6. The van der Waals surface area contributed by atoms with Gasteiger partial charge in [0.15, 0.2) is 0 Å². The van der Waals surface area contributed by atoms with Gasteiger partial charge in [-0.05, 0) is 49.6 Å². The fourth-order valence-corrected chi connectivity index (χ4v) is 4.83. The van der Waals surface area contributed by atoms with Crippen LogP contribution >= 0.6 is 0 Å². The molecule has 5 nitrogen and oxygen atoms in total. The van der Waals surface area contributed by atoms with Gasteiger partial charge >= 0.3 is 5.97 Å². The van der Waals surface area contributed by atoms with Crippen LogP contribution in [0.4, 0.5) is 5.69 Å². The third-order valence-electron chi connectivity index (χ3n) is 4.32. The second kappa shape index (κ2) is 5.94. The molecule has 0 radical (unpaired) electrons. The fourth-order valence-electron chi connectivity index (χ4n) is 3.11. The summed E-state index contributed by atoms with van der Waals surface area (Å²) in [4.78, 5) is 12.0. The molecule has 0 N–H and O–H groups in total. The van der Waals surface area contributed by atoms with E-state index in [9.17, 15) is 13.2 Å². The molecule has 1 aliphatic heterocycles. The molecule has 0 bridgehead atoms. The number of methoxy groups -OCH3 is 1. The van der Waals surface area contributed by atoms with Gasteiger partial charge in [0, 0.05) is 6.04 Å². The average molecular weight is 345 g/mol. The van der Waals surface area contributed by atoms with Crippen LogP contribution < -0.4 is 4.31 Å². The average Bonchev–Trinajstić information content (AvgIpc) is 2.90. The molecule has 1 atom stereocenters. The Hall–Kier alpha value is -2.34. The highest BCUT2D eigenvalue weighted by Gasteiger charge is 2.36. The van der Waals surface area contributed by atoms with E-state index in [4.69, 9.17) is 4.74 Å². The van der Waals surface area contributed by atoms with E-state index in [-0.39, 0.29) is 16.5 Å². The van der Waals surface area contributed by atoms with Gasteiger partial charge in [0.25, 0.3) is 10.0 Å². The Morgan fingerprint density at radius 1 is 1.21 bits per heavy atom. The van der Waals surface area contributed by atoms with E-state index >= 15 is 0 Å². The lowest BCUT2D eigenvalue weighted by atomic mass is 10.1. The Balaban J connectivity index is 2.11. The summed E-state index contributed by atoms with van der Waals surface area (Å²) in [5.74, 6) is -0.542. The number of benzene rings is 2. The molecule has 0 amide bonds. The predicted octanol–water partition coefficient (Wildman–Crippen LogP) is 2.92. The molecular weight excluding hydrogens is 326 g/mol. The molecule has 24 heavy (non-hydrogen) atoms. The first-order valence-electron chi connectivity index (χ1n) is 7.67. The molecule has 0 saturated heterocycles. The molecule has 0 saturated carbocycles. The van der Waals surface area contributed by atoms with E-state index in [1.165, 1.54) is 23.5 Å². The van der Waals surface area contributed by atoms with E-state index in [2.05, 4.69) is 0 Å². The molecule has 2 aromatic carbocycles. The van der Waals surface area contributed by atoms with Crippen LogP contribution in [0.25, 0.3) is 0 Å². The number of carbonyl (C=O) groups is 1. The predicted molar refractivity (Wildman–Crippen MR) is 91.8 cm³/mol. The SMILES string of the molecule is COC(=O)c1cc(S(=O)(=O)N2c3ccccc3C[C@H]2C)ccc1C. The summed E-state index contributed by atoms with van der Waals surface area (Å²) in [6.45, 7) is 3.63. The van der Waals surface area contributed by atoms with Crippen molar-refractivity contribution >= 4 is 21.7 Å². The first-order valence-corrected chi connectivity index (χ1v) is 9.11. The summed E-state index contributed by atoms with van der Waals surface area (Å²) in [7, 11) is -2.48. The van der Waals surface area contributed by atoms with Crippen LogP contribution in [0.2, 0.25) is 0 Å². The second-order valence-electron chi connectivity index (χ2n) is 5.95. The van der Waals surface area contributed by atoms with Crippen LogP contribution in [0.3, 0.4) is 0 Å². The van der Waals surface area contributed by atoms with Crippen LogP contribution in [-0.2, 0) is 21.2 Å². The van der Waals surface area contributed by atoms with Gasteiger partial charge in [-0.3, -0.25) is 4.31 Å². The maximum atomic E-state index is 13.2. The third kappa shape index (κ3) is 2.57. The maximum absolute atomic E-state index is 13.2. The van der Waals surface area contributed by atoms with E-state index in [0.29, 0.717) is 17.7 Å². The number of anilines is 1. The number of hydrogen-bond acceptors (Lipinski definition) is 4. The highest BCUT2D eigenvalue weighted by Crippen LogP contribution is 2.36. The largest absolute Gasteiger partial charge is 0.465 e. The van der Waals surface area contributed by atoms with E-state index in [0.717, 1.165) is 5.56 Å². The zero-order chi connectivity index (χ0) is 17.5. The lowest BCUT2D eigenvalue weighted by Crippen LogP contribution is -2.35. The number of carbonyl (C=O) groups excluding carboxylic acids is 1. The molecule has 3 rings (SSSR count). The molecule has 0 unspecified atom stereocenters. The number of fused-ring (bicyclic) bond motifs is 1. The van der Waals surface area contributed by atoms with Gasteiger partial charge in [0.05, 0.1) is 23.3 Å². The highest BCUT2D eigenvalue weighted by molar-refractivity contribution is 7.92. The number of ether oxygens (including phenoxy) is 1. The van der Waals surface area contributed by atoms with E-state index in [1.807, 2.05) is 31.2 Å². The van der Waals surface area contributed by atoms with Crippen molar-refractivity contribution in [2.75, 3.05) is 11.4 Å². The number of esters is 1. The lowest BCUT2D eigenvalue weighted by molar-refractivity contribution is 0.0599. The van der Waals surface area contributed by atoms with Gasteiger partial charge in [0.2, 0.25) is 0 Å². The van der Waals surface area contributed by atoms with Crippen molar-refractivity contribution in [2.45, 2.75) is 31.2 Å². The first kappa shape index (κ1) is 16.5. The first-order chi connectivity index (χ1) is 11.4. The van der Waals surface area contributed by atoms with Crippen LogP contribution in [0, 0.1) is 6.92 Å². The smallest absolute Gasteiger partial charge is 0.338 e. The van der Waals surface area contributed by atoms with Crippen molar-refractivity contribution in [2.24, 2.45) is 0 Å². The third-order valence-corrected chi connectivity index (χ3v) is 6.24. The molecule has 0 spiro atoms. The van der Waals surface area contributed by atoms with Gasteiger partial charge in [-0.15, -0.1) is 0 Å². The molecule has 1 aliphatic rings. The minimum Gasteiger partial charge on any atom is -0.465 e. The van der Waals surface area contributed by atoms with Crippen LogP contribution in [-0.4, -0.2) is 27.5 Å². The van der Waals surface area contributed by atoms with Crippen LogP contribution in [0.15, 0.2) is 47.4 Å². The summed E-state index contributed by atoms with van der Waals surface area (Å²) in [5, 5.41) is 0. The Morgan fingerprint density at radius 3 is 2.62 bits per heavy atom. The molecule has 0 aliphatic carbocycles. The number of aryl methyl sites for hydroxylation is 1. The van der Waals surface area contributed by atoms with E-state index < -0.39 is 16.0 Å². The number of rotatable bonds is 3. The van der Waals surface area contributed by atoms with Crippen molar-refractivity contribution in [1.29, 1.82) is 0 Å². The molecule has 0 aromatic heterocycles. The van der Waals surface area contributed by atoms with Gasteiger partial charge in [-0.1, -0.05) is 24.3 Å². The van der Waals surface area contributed by atoms with Crippen molar-refractivity contribution in [3.63, 3.8) is 0 Å². The highest BCUT2D eigenvalue weighted by atomic mass is 32.2. The van der Waals surface area contributed by atoms with Gasteiger partial charge < -0.3 is 4.74 Å². The van der Waals surface area contributed by atoms with Crippen molar-refractivity contribution in [3.8, 4) is 0 Å². The molecule has 0 fully saturated rings. The topological polar surface area (TPSA) is 63.7 Å². The zero-order valence-electron chi connectivity index (χ0n) is 13.8. The molecule has 126 valence electrons. The van der Waals surface area contributed by atoms with Crippen molar-refractivity contribution < 1.29 is 17.9 Å². The summed E-state index contributed by atoms with van der Waals surface area (Å²) >= 11 is 0. The number of hydrogen-bond donors (Lipinski definition) is 0. The number of sulfonamides is 1.